The topological polar surface area (TPSA) is 69.9 Å². The van der Waals surface area contributed by atoms with Crippen LogP contribution in [0.5, 0.6) is 11.5 Å². The minimum Gasteiger partial charge on any atom is -0.508 e. The number of aromatic hydroxyl groups is 2. The van der Waals surface area contributed by atoms with E-state index in [0.717, 1.165) is 18.2 Å². The number of benzene rings is 1. The van der Waals surface area contributed by atoms with Gasteiger partial charge in [0.25, 0.3) is 0 Å². The Bertz CT molecular complexity index is 239. The lowest BCUT2D eigenvalue weighted by molar-refractivity contribution is 0.451. The molecule has 0 unspecified atom stereocenters. The summed E-state index contributed by atoms with van der Waals surface area (Å²) < 4.78 is 0. The van der Waals surface area contributed by atoms with E-state index in [0.29, 0.717) is 0 Å². The molecule has 0 fully saturated rings. The molecule has 4 heteroatoms. The molecule has 0 saturated heterocycles. The van der Waals surface area contributed by atoms with Crippen LogP contribution >= 0.6 is 0 Å². The van der Waals surface area contributed by atoms with Gasteiger partial charge in [0.1, 0.15) is 17.2 Å². The number of rotatable bonds is 1. The summed E-state index contributed by atoms with van der Waals surface area (Å²) in [5.74, 6) is -0.343. The van der Waals surface area contributed by atoms with E-state index >= 15 is 0 Å². The van der Waals surface area contributed by atoms with Crippen molar-refractivity contribution in [1.29, 1.82) is 0 Å². The molecule has 1 aromatic carbocycles. The Morgan fingerprint density at radius 1 is 1.10 bits per heavy atom. The summed E-state index contributed by atoms with van der Waals surface area (Å²) in [5.41, 5.74) is 0.0116. The Morgan fingerprint density at radius 2 is 1.60 bits per heavy atom. The first kappa shape index (κ1) is 6.54. The standard InChI is InChI=1S/C6H5NO3/c8-5-1-4(7-10)2-6(9)3-5/h1-3,8-9H. The number of phenols is 2. The van der Waals surface area contributed by atoms with Gasteiger partial charge in [-0.05, 0) is 5.18 Å². The fraction of sp³-hybridized carbons (Fsp3) is 0. The van der Waals surface area contributed by atoms with Crippen molar-refractivity contribution in [3.05, 3.63) is 23.1 Å². The number of nitroso groups, excluding NO2 is 1. The fourth-order valence-corrected chi connectivity index (χ4v) is 0.632. The highest BCUT2D eigenvalue weighted by atomic mass is 16.3. The maximum absolute atomic E-state index is 9.84. The molecule has 10 heavy (non-hydrogen) atoms. The van der Waals surface area contributed by atoms with Gasteiger partial charge in [0.2, 0.25) is 0 Å². The maximum Gasteiger partial charge on any atom is 0.121 e. The van der Waals surface area contributed by atoms with Crippen LogP contribution in [0.3, 0.4) is 0 Å². The molecule has 0 bridgehead atoms. The molecule has 0 aromatic heterocycles. The predicted molar refractivity (Wildman–Crippen MR) is 35.2 cm³/mol. The van der Waals surface area contributed by atoms with E-state index < -0.39 is 0 Å². The van der Waals surface area contributed by atoms with Gasteiger partial charge in [0.05, 0.1) is 0 Å². The lowest BCUT2D eigenvalue weighted by atomic mass is 10.3. The molecule has 0 heterocycles. The Kier molecular flexibility index (Phi) is 1.53. The predicted octanol–water partition coefficient (Wildman–Crippen LogP) is 1.50. The van der Waals surface area contributed by atoms with Gasteiger partial charge in [-0.2, -0.15) is 0 Å². The van der Waals surface area contributed by atoms with Gasteiger partial charge in [-0.25, -0.2) is 0 Å². The minimum atomic E-state index is -0.172. The van der Waals surface area contributed by atoms with Crippen LogP contribution in [0.4, 0.5) is 5.69 Å². The van der Waals surface area contributed by atoms with Crippen LogP contribution in [0.15, 0.2) is 23.4 Å². The molecule has 2 N–H and O–H groups in total. The van der Waals surface area contributed by atoms with Crippen LogP contribution in [0, 0.1) is 4.91 Å². The first-order valence-electron chi connectivity index (χ1n) is 2.59. The van der Waals surface area contributed by atoms with E-state index in [9.17, 15) is 4.91 Å². The summed E-state index contributed by atoms with van der Waals surface area (Å²) in [4.78, 5) is 9.84. The van der Waals surface area contributed by atoms with Gasteiger partial charge < -0.3 is 10.2 Å². The molecule has 0 saturated carbocycles. The fourth-order valence-electron chi connectivity index (χ4n) is 0.632. The Morgan fingerprint density at radius 3 is 2.00 bits per heavy atom. The van der Waals surface area contributed by atoms with Gasteiger partial charge in [-0.1, -0.05) is 0 Å². The molecule has 1 aromatic rings. The van der Waals surface area contributed by atoms with Crippen LogP contribution in [0.25, 0.3) is 0 Å². The smallest absolute Gasteiger partial charge is 0.121 e. The third-order valence-corrected chi connectivity index (χ3v) is 0.993. The molecule has 0 aliphatic carbocycles. The van der Waals surface area contributed by atoms with Crippen LogP contribution in [-0.4, -0.2) is 10.2 Å². The molecule has 1 rings (SSSR count). The van der Waals surface area contributed by atoms with Crippen LogP contribution < -0.4 is 0 Å². The summed E-state index contributed by atoms with van der Waals surface area (Å²) in [6, 6.07) is 3.44. The van der Waals surface area contributed by atoms with Crippen molar-refractivity contribution in [3.8, 4) is 11.5 Å². The second-order valence-electron chi connectivity index (χ2n) is 1.80. The molecule has 52 valence electrons. The lowest BCUT2D eigenvalue weighted by Gasteiger charge is -1.93. The normalized spacial score (nSPS) is 9.20. The van der Waals surface area contributed by atoms with Crippen LogP contribution in [-0.2, 0) is 0 Å². The average molecular weight is 139 g/mol. The Labute approximate surface area is 56.7 Å². The second kappa shape index (κ2) is 2.34. The molecule has 0 amide bonds. The van der Waals surface area contributed by atoms with E-state index in [2.05, 4.69) is 5.18 Å². The van der Waals surface area contributed by atoms with E-state index in [-0.39, 0.29) is 17.2 Å². The third kappa shape index (κ3) is 1.22. The molecule has 0 aliphatic rings. The molecule has 0 radical (unpaired) electrons. The highest BCUT2D eigenvalue weighted by Crippen LogP contribution is 2.25. The SMILES string of the molecule is O=Nc1cc(O)cc(O)c1. The van der Waals surface area contributed by atoms with Crippen molar-refractivity contribution in [2.45, 2.75) is 0 Å². The molecule has 4 nitrogen and oxygen atoms in total. The monoisotopic (exact) mass is 139 g/mol. The molecular formula is C6H5NO3. The highest BCUT2D eigenvalue weighted by Gasteiger charge is 1.96. The van der Waals surface area contributed by atoms with Gasteiger partial charge in [0, 0.05) is 18.2 Å². The van der Waals surface area contributed by atoms with Crippen molar-refractivity contribution >= 4 is 5.69 Å². The van der Waals surface area contributed by atoms with Crippen molar-refractivity contribution < 1.29 is 10.2 Å². The zero-order valence-corrected chi connectivity index (χ0v) is 4.98. The minimum absolute atomic E-state index is 0.0116. The molecule has 0 aliphatic heterocycles. The quantitative estimate of drug-likeness (QED) is 0.579. The second-order valence-corrected chi connectivity index (χ2v) is 1.80. The Hall–Kier alpha value is -1.58. The summed E-state index contributed by atoms with van der Waals surface area (Å²) in [5, 5.41) is 20.1. The van der Waals surface area contributed by atoms with Crippen LogP contribution in [0.1, 0.15) is 0 Å². The van der Waals surface area contributed by atoms with Gasteiger partial charge in [-0.15, -0.1) is 4.91 Å². The number of phenolic OH excluding ortho intramolecular Hbond substituents is 2. The highest BCUT2D eigenvalue weighted by molar-refractivity contribution is 5.48. The van der Waals surface area contributed by atoms with Crippen molar-refractivity contribution in [2.75, 3.05) is 0 Å². The van der Waals surface area contributed by atoms with Gasteiger partial charge in [0.15, 0.2) is 0 Å². The van der Waals surface area contributed by atoms with Crippen molar-refractivity contribution in [1.82, 2.24) is 0 Å². The van der Waals surface area contributed by atoms with Crippen LogP contribution in [0.2, 0.25) is 0 Å². The summed E-state index contributed by atoms with van der Waals surface area (Å²) in [7, 11) is 0. The summed E-state index contributed by atoms with van der Waals surface area (Å²) >= 11 is 0. The first-order valence-corrected chi connectivity index (χ1v) is 2.59. The zero-order chi connectivity index (χ0) is 7.56. The van der Waals surface area contributed by atoms with E-state index in [1.54, 1.807) is 0 Å². The Balaban J connectivity index is 3.18. The van der Waals surface area contributed by atoms with Gasteiger partial charge in [-0.3, -0.25) is 0 Å². The van der Waals surface area contributed by atoms with Crippen molar-refractivity contribution in [3.63, 3.8) is 0 Å². The number of nitrogens with zero attached hydrogens (tertiary/aromatic N) is 1. The number of hydrogen-bond donors (Lipinski definition) is 2. The zero-order valence-electron chi connectivity index (χ0n) is 4.98. The molecule has 0 atom stereocenters. The van der Waals surface area contributed by atoms with E-state index in [4.69, 9.17) is 10.2 Å². The summed E-state index contributed by atoms with van der Waals surface area (Å²) in [6.07, 6.45) is 0. The third-order valence-electron chi connectivity index (χ3n) is 0.993. The van der Waals surface area contributed by atoms with Gasteiger partial charge >= 0.3 is 0 Å². The average Bonchev–Trinajstić information content (AvgIpc) is 1.85. The first-order chi connectivity index (χ1) is 4.72. The number of hydrogen-bond acceptors (Lipinski definition) is 4. The van der Waals surface area contributed by atoms with Crippen molar-refractivity contribution in [2.24, 2.45) is 5.18 Å². The molecule has 0 spiro atoms. The maximum atomic E-state index is 9.84. The van der Waals surface area contributed by atoms with E-state index in [1.165, 1.54) is 0 Å². The molecular weight excluding hydrogens is 134 g/mol. The van der Waals surface area contributed by atoms with E-state index in [1.807, 2.05) is 0 Å². The summed E-state index contributed by atoms with van der Waals surface area (Å²) in [6.45, 7) is 0. The lowest BCUT2D eigenvalue weighted by Crippen LogP contribution is -1.66. The largest absolute Gasteiger partial charge is 0.508 e.